The molecule has 16 heavy (non-hydrogen) atoms. The number of piperidine rings is 1. The molecule has 0 spiro atoms. The molecule has 2 rings (SSSR count). The van der Waals surface area contributed by atoms with Gasteiger partial charge in [0.2, 0.25) is 0 Å². The number of rotatable bonds is 3. The van der Waals surface area contributed by atoms with Crippen LogP contribution in [0.3, 0.4) is 0 Å². The Bertz CT molecular complexity index is 349. The maximum atomic E-state index is 13.4. The van der Waals surface area contributed by atoms with Gasteiger partial charge in [0.25, 0.3) is 0 Å². The van der Waals surface area contributed by atoms with Crippen LogP contribution in [0.4, 0.5) is 10.2 Å². The summed E-state index contributed by atoms with van der Waals surface area (Å²) in [6.45, 7) is 1.55. The van der Waals surface area contributed by atoms with E-state index in [0.29, 0.717) is 24.7 Å². The smallest absolute Gasteiger partial charge is 0.179 e. The molecule has 0 aliphatic carbocycles. The van der Waals surface area contributed by atoms with Crippen LogP contribution in [-0.2, 0) is 0 Å². The van der Waals surface area contributed by atoms with Crippen LogP contribution in [0.5, 0.6) is 5.75 Å². The molecule has 1 aromatic rings. The van der Waals surface area contributed by atoms with E-state index in [4.69, 9.17) is 10.5 Å². The number of ether oxygens (including phenoxy) is 1. The average Bonchev–Trinajstić information content (AvgIpc) is 2.30. The van der Waals surface area contributed by atoms with Crippen molar-refractivity contribution >= 4 is 5.82 Å². The van der Waals surface area contributed by atoms with Gasteiger partial charge in [0.15, 0.2) is 11.6 Å². The highest BCUT2D eigenvalue weighted by Gasteiger charge is 2.25. The molecule has 6 heteroatoms. The highest BCUT2D eigenvalue weighted by molar-refractivity contribution is 5.42. The fourth-order valence-electron chi connectivity index (χ4n) is 1.70. The summed E-state index contributed by atoms with van der Waals surface area (Å²) in [5.74, 6) is 0.633. The first-order valence-electron chi connectivity index (χ1n) is 5.30. The topological polar surface area (TPSA) is 73.1 Å². The largest absolute Gasteiger partial charge is 0.488 e. The van der Waals surface area contributed by atoms with Crippen molar-refractivity contribution in [3.05, 3.63) is 12.5 Å². The first-order valence-corrected chi connectivity index (χ1v) is 5.30. The lowest BCUT2D eigenvalue weighted by Gasteiger charge is -2.26. The van der Waals surface area contributed by atoms with Gasteiger partial charge in [-0.15, -0.1) is 0 Å². The van der Waals surface area contributed by atoms with Gasteiger partial charge in [-0.3, -0.25) is 0 Å². The van der Waals surface area contributed by atoms with Gasteiger partial charge < -0.3 is 15.8 Å². The fraction of sp³-hybridized carbons (Fsp3) is 0.600. The van der Waals surface area contributed by atoms with E-state index in [1.54, 1.807) is 0 Å². The molecular weight excluding hydrogens is 211 g/mol. The zero-order chi connectivity index (χ0) is 11.4. The van der Waals surface area contributed by atoms with Crippen molar-refractivity contribution in [1.82, 2.24) is 15.3 Å². The molecule has 1 saturated heterocycles. The molecule has 88 valence electrons. The molecule has 0 saturated carbocycles. The van der Waals surface area contributed by atoms with Crippen LogP contribution in [0.2, 0.25) is 0 Å². The Kier molecular flexibility index (Phi) is 3.51. The predicted octanol–water partition coefficient (Wildman–Crippen LogP) is 0.385. The molecule has 2 atom stereocenters. The van der Waals surface area contributed by atoms with E-state index in [2.05, 4.69) is 15.3 Å². The third-order valence-corrected chi connectivity index (χ3v) is 2.70. The Hall–Kier alpha value is -1.43. The van der Waals surface area contributed by atoms with Crippen LogP contribution >= 0.6 is 0 Å². The summed E-state index contributed by atoms with van der Waals surface area (Å²) < 4.78 is 18.9. The summed E-state index contributed by atoms with van der Waals surface area (Å²) in [5, 5.41) is 2.99. The average molecular weight is 226 g/mol. The van der Waals surface area contributed by atoms with Gasteiger partial charge in [-0.25, -0.2) is 14.4 Å². The minimum Gasteiger partial charge on any atom is -0.488 e. The Morgan fingerprint density at radius 1 is 1.62 bits per heavy atom. The molecule has 2 heterocycles. The summed E-state index contributed by atoms with van der Waals surface area (Å²) in [4.78, 5) is 7.60. The molecule has 5 nitrogen and oxygen atoms in total. The zero-order valence-corrected chi connectivity index (χ0v) is 8.90. The number of hydrogen-bond acceptors (Lipinski definition) is 5. The molecule has 0 bridgehead atoms. The minimum absolute atomic E-state index is 0.0825. The fourth-order valence-corrected chi connectivity index (χ4v) is 1.70. The van der Waals surface area contributed by atoms with Crippen LogP contribution in [0, 0.1) is 5.92 Å². The monoisotopic (exact) mass is 226 g/mol. The molecule has 2 unspecified atom stereocenters. The first kappa shape index (κ1) is 11.1. The maximum absolute atomic E-state index is 13.4. The van der Waals surface area contributed by atoms with Crippen molar-refractivity contribution < 1.29 is 9.13 Å². The van der Waals surface area contributed by atoms with E-state index in [1.807, 2.05) is 0 Å². The van der Waals surface area contributed by atoms with Crippen molar-refractivity contribution in [1.29, 1.82) is 0 Å². The van der Waals surface area contributed by atoms with E-state index < -0.39 is 6.17 Å². The van der Waals surface area contributed by atoms with Gasteiger partial charge in [0.05, 0.1) is 12.8 Å². The maximum Gasteiger partial charge on any atom is 0.179 e. The molecule has 0 aromatic carbocycles. The normalized spacial score (nSPS) is 25.3. The lowest BCUT2D eigenvalue weighted by molar-refractivity contribution is 0.122. The summed E-state index contributed by atoms with van der Waals surface area (Å²) in [5.41, 5.74) is 5.59. The van der Waals surface area contributed by atoms with E-state index in [-0.39, 0.29) is 5.92 Å². The lowest BCUT2D eigenvalue weighted by Crippen LogP contribution is -2.40. The number of hydrogen-bond donors (Lipinski definition) is 2. The highest BCUT2D eigenvalue weighted by atomic mass is 19.1. The van der Waals surface area contributed by atoms with Crippen LogP contribution in [-0.4, -0.2) is 35.8 Å². The molecule has 1 aliphatic heterocycles. The molecule has 3 N–H and O–H groups in total. The zero-order valence-electron chi connectivity index (χ0n) is 8.90. The van der Waals surface area contributed by atoms with Gasteiger partial charge in [0.1, 0.15) is 12.5 Å². The van der Waals surface area contributed by atoms with Gasteiger partial charge >= 0.3 is 0 Å². The Balaban J connectivity index is 1.89. The van der Waals surface area contributed by atoms with Gasteiger partial charge in [-0.1, -0.05) is 0 Å². The number of nitrogens with zero attached hydrogens (tertiary/aromatic N) is 2. The van der Waals surface area contributed by atoms with Crippen molar-refractivity contribution in [3.8, 4) is 5.75 Å². The molecule has 1 aliphatic rings. The second kappa shape index (κ2) is 5.07. The summed E-state index contributed by atoms with van der Waals surface area (Å²) in [6, 6.07) is 0. The number of alkyl halides is 1. The number of nitrogens with two attached hydrogens (primary N) is 1. The third kappa shape index (κ3) is 2.57. The van der Waals surface area contributed by atoms with Crippen LogP contribution < -0.4 is 15.8 Å². The number of nitrogens with one attached hydrogen (secondary N) is 1. The van der Waals surface area contributed by atoms with E-state index in [1.165, 1.54) is 12.5 Å². The number of aromatic nitrogens is 2. The second-order valence-electron chi connectivity index (χ2n) is 3.85. The summed E-state index contributed by atoms with van der Waals surface area (Å²) in [7, 11) is 0. The molecule has 0 amide bonds. The van der Waals surface area contributed by atoms with E-state index in [0.717, 1.165) is 13.0 Å². The van der Waals surface area contributed by atoms with Crippen LogP contribution in [0.15, 0.2) is 12.5 Å². The number of halogens is 1. The molecular formula is C10H15FN4O. The van der Waals surface area contributed by atoms with E-state index in [9.17, 15) is 4.39 Å². The quantitative estimate of drug-likeness (QED) is 0.779. The summed E-state index contributed by atoms with van der Waals surface area (Å²) in [6.07, 6.45) is 2.76. The van der Waals surface area contributed by atoms with Gasteiger partial charge in [0, 0.05) is 12.5 Å². The van der Waals surface area contributed by atoms with Gasteiger partial charge in [-0.05, 0) is 13.0 Å². The van der Waals surface area contributed by atoms with Crippen molar-refractivity contribution in [2.75, 3.05) is 25.4 Å². The number of nitrogen functional groups attached to an aromatic ring is 1. The van der Waals surface area contributed by atoms with Crippen molar-refractivity contribution in [3.63, 3.8) is 0 Å². The van der Waals surface area contributed by atoms with Gasteiger partial charge in [-0.2, -0.15) is 0 Å². The lowest BCUT2D eigenvalue weighted by atomic mass is 9.97. The molecule has 1 fully saturated rings. The molecule has 0 radical (unpaired) electrons. The third-order valence-electron chi connectivity index (χ3n) is 2.70. The Morgan fingerprint density at radius 3 is 3.25 bits per heavy atom. The SMILES string of the molecule is Nc1ncncc1OCC1CCNCC1F. The second-order valence-corrected chi connectivity index (χ2v) is 3.85. The first-order chi connectivity index (χ1) is 7.77. The van der Waals surface area contributed by atoms with Crippen LogP contribution in [0.1, 0.15) is 6.42 Å². The standard InChI is InChI=1S/C10H15FN4O/c11-8-3-13-2-1-7(8)5-16-9-4-14-6-15-10(9)12/h4,6-8,13H,1-3,5H2,(H2,12,14,15). The summed E-state index contributed by atoms with van der Waals surface area (Å²) >= 11 is 0. The van der Waals surface area contributed by atoms with Crippen LogP contribution in [0.25, 0.3) is 0 Å². The number of anilines is 1. The molecule has 1 aromatic heterocycles. The predicted molar refractivity (Wildman–Crippen MR) is 57.8 cm³/mol. The van der Waals surface area contributed by atoms with Crippen molar-refractivity contribution in [2.45, 2.75) is 12.6 Å². The minimum atomic E-state index is -0.861. The Labute approximate surface area is 93.2 Å². The van der Waals surface area contributed by atoms with E-state index >= 15 is 0 Å². The highest BCUT2D eigenvalue weighted by Crippen LogP contribution is 2.20. The Morgan fingerprint density at radius 2 is 2.50 bits per heavy atom. The van der Waals surface area contributed by atoms with Crippen molar-refractivity contribution in [2.24, 2.45) is 5.92 Å².